The number of rotatable bonds is 6. The van der Waals surface area contributed by atoms with E-state index in [4.69, 9.17) is 5.11 Å². The van der Waals surface area contributed by atoms with Gasteiger partial charge in [-0.3, -0.25) is 4.79 Å². The number of carboxylic acids is 1. The van der Waals surface area contributed by atoms with Crippen molar-refractivity contribution in [1.82, 2.24) is 4.72 Å². The van der Waals surface area contributed by atoms with Crippen molar-refractivity contribution >= 4 is 17.0 Å². The van der Waals surface area contributed by atoms with Crippen LogP contribution in [0.3, 0.4) is 0 Å². The summed E-state index contributed by atoms with van der Waals surface area (Å²) in [6.45, 7) is 3.42. The van der Waals surface area contributed by atoms with Crippen molar-refractivity contribution in [2.24, 2.45) is 0 Å². The summed E-state index contributed by atoms with van der Waals surface area (Å²) in [5.74, 6) is -1.77. The van der Waals surface area contributed by atoms with Crippen LogP contribution in [0.1, 0.15) is 30.9 Å². The lowest BCUT2D eigenvalue weighted by atomic mass is 10.00. The van der Waals surface area contributed by atoms with E-state index >= 15 is 0 Å². The SMILES string of the molecule is CCS(=O)NCc1ccc(C(C)C(=O)O)cc1F. The molecule has 0 saturated carbocycles. The molecule has 18 heavy (non-hydrogen) atoms. The van der Waals surface area contributed by atoms with Crippen LogP contribution in [0.2, 0.25) is 0 Å². The van der Waals surface area contributed by atoms with E-state index < -0.39 is 28.7 Å². The van der Waals surface area contributed by atoms with Crippen LogP contribution >= 0.6 is 0 Å². The Morgan fingerprint density at radius 3 is 2.72 bits per heavy atom. The lowest BCUT2D eigenvalue weighted by Gasteiger charge is -2.09. The summed E-state index contributed by atoms with van der Waals surface area (Å²) in [6, 6.07) is 4.31. The second kappa shape index (κ2) is 6.61. The molecule has 1 aromatic rings. The average molecular weight is 273 g/mol. The van der Waals surface area contributed by atoms with Gasteiger partial charge in [0.25, 0.3) is 0 Å². The molecule has 0 aliphatic rings. The highest BCUT2D eigenvalue weighted by Gasteiger charge is 2.15. The van der Waals surface area contributed by atoms with Crippen molar-refractivity contribution in [3.63, 3.8) is 0 Å². The number of halogens is 1. The highest BCUT2D eigenvalue weighted by atomic mass is 32.2. The van der Waals surface area contributed by atoms with Gasteiger partial charge in [0.1, 0.15) is 5.82 Å². The Hall–Kier alpha value is -1.27. The maximum atomic E-state index is 13.7. The average Bonchev–Trinajstić information content (AvgIpc) is 2.35. The van der Waals surface area contributed by atoms with Gasteiger partial charge in [-0.2, -0.15) is 0 Å². The minimum absolute atomic E-state index is 0.161. The van der Waals surface area contributed by atoms with Crippen LogP contribution in [0.4, 0.5) is 4.39 Å². The fourth-order valence-corrected chi connectivity index (χ4v) is 1.90. The molecule has 100 valence electrons. The molecule has 2 N–H and O–H groups in total. The predicted molar refractivity (Wildman–Crippen MR) is 68.0 cm³/mol. The van der Waals surface area contributed by atoms with Crippen molar-refractivity contribution in [1.29, 1.82) is 0 Å². The molecule has 0 saturated heterocycles. The predicted octanol–water partition coefficient (Wildman–Crippen LogP) is 1.79. The van der Waals surface area contributed by atoms with Crippen LogP contribution < -0.4 is 4.72 Å². The highest BCUT2D eigenvalue weighted by molar-refractivity contribution is 7.82. The molecule has 6 heteroatoms. The third-order valence-electron chi connectivity index (χ3n) is 2.63. The minimum Gasteiger partial charge on any atom is -0.481 e. The van der Waals surface area contributed by atoms with E-state index in [0.717, 1.165) is 0 Å². The summed E-state index contributed by atoms with van der Waals surface area (Å²) >= 11 is 0. The van der Waals surface area contributed by atoms with Crippen molar-refractivity contribution in [2.45, 2.75) is 26.3 Å². The molecule has 1 aromatic carbocycles. The summed E-state index contributed by atoms with van der Waals surface area (Å²) in [5, 5.41) is 8.83. The number of aliphatic carboxylic acids is 1. The molecule has 0 fully saturated rings. The van der Waals surface area contributed by atoms with Gasteiger partial charge in [0.05, 0.1) is 16.9 Å². The van der Waals surface area contributed by atoms with Crippen LogP contribution in [-0.4, -0.2) is 21.0 Å². The molecular weight excluding hydrogens is 257 g/mol. The molecule has 0 bridgehead atoms. The Bertz CT molecular complexity index is 465. The lowest BCUT2D eigenvalue weighted by molar-refractivity contribution is -0.138. The second-order valence-electron chi connectivity index (χ2n) is 3.87. The second-order valence-corrected chi connectivity index (χ2v) is 5.42. The van der Waals surface area contributed by atoms with E-state index in [1.807, 2.05) is 0 Å². The van der Waals surface area contributed by atoms with Gasteiger partial charge in [0.15, 0.2) is 0 Å². The van der Waals surface area contributed by atoms with Crippen molar-refractivity contribution < 1.29 is 18.5 Å². The molecule has 0 aromatic heterocycles. The number of hydrogen-bond donors (Lipinski definition) is 2. The third kappa shape index (κ3) is 3.89. The molecule has 0 radical (unpaired) electrons. The zero-order valence-electron chi connectivity index (χ0n) is 10.3. The molecule has 2 unspecified atom stereocenters. The number of carbonyl (C=O) groups is 1. The summed E-state index contributed by atoms with van der Waals surface area (Å²) in [6.07, 6.45) is 0. The van der Waals surface area contributed by atoms with Crippen LogP contribution in [0.5, 0.6) is 0 Å². The molecule has 0 amide bonds. The molecule has 1 rings (SSSR count). The smallest absolute Gasteiger partial charge is 0.310 e. The Balaban J connectivity index is 2.80. The molecule has 0 aliphatic carbocycles. The van der Waals surface area contributed by atoms with E-state index in [2.05, 4.69) is 4.72 Å². The molecule has 0 heterocycles. The Morgan fingerprint density at radius 1 is 1.56 bits per heavy atom. The van der Waals surface area contributed by atoms with Gasteiger partial charge in [-0.1, -0.05) is 19.1 Å². The quantitative estimate of drug-likeness (QED) is 0.830. The molecule has 0 aliphatic heterocycles. The molecule has 0 spiro atoms. The topological polar surface area (TPSA) is 66.4 Å². The number of nitrogens with one attached hydrogen (secondary N) is 1. The summed E-state index contributed by atoms with van der Waals surface area (Å²) in [5.41, 5.74) is 0.790. The highest BCUT2D eigenvalue weighted by Crippen LogP contribution is 2.18. The normalized spacial score (nSPS) is 14.2. The maximum absolute atomic E-state index is 13.7. The van der Waals surface area contributed by atoms with Crippen LogP contribution in [0.25, 0.3) is 0 Å². The first-order valence-corrected chi connectivity index (χ1v) is 6.90. The lowest BCUT2D eigenvalue weighted by Crippen LogP contribution is -2.19. The zero-order valence-corrected chi connectivity index (χ0v) is 11.1. The monoisotopic (exact) mass is 273 g/mol. The van der Waals surface area contributed by atoms with E-state index in [1.165, 1.54) is 19.1 Å². The first-order chi connectivity index (χ1) is 8.45. The van der Waals surface area contributed by atoms with Crippen LogP contribution in [0, 0.1) is 5.82 Å². The first-order valence-electron chi connectivity index (χ1n) is 5.58. The number of hydrogen-bond acceptors (Lipinski definition) is 2. The van der Waals surface area contributed by atoms with Gasteiger partial charge in [-0.15, -0.1) is 0 Å². The van der Waals surface area contributed by atoms with Gasteiger partial charge in [-0.25, -0.2) is 13.3 Å². The number of benzene rings is 1. The Morgan fingerprint density at radius 2 is 2.22 bits per heavy atom. The largest absolute Gasteiger partial charge is 0.481 e. The fourth-order valence-electron chi connectivity index (χ4n) is 1.38. The van der Waals surface area contributed by atoms with Gasteiger partial charge in [0.2, 0.25) is 0 Å². The van der Waals surface area contributed by atoms with E-state index in [0.29, 0.717) is 16.9 Å². The summed E-state index contributed by atoms with van der Waals surface area (Å²) in [7, 11) is -1.17. The number of carboxylic acid groups (broad SMARTS) is 1. The summed E-state index contributed by atoms with van der Waals surface area (Å²) in [4.78, 5) is 10.8. The minimum atomic E-state index is -1.17. The fraction of sp³-hybridized carbons (Fsp3) is 0.417. The van der Waals surface area contributed by atoms with E-state index in [-0.39, 0.29) is 6.54 Å². The maximum Gasteiger partial charge on any atom is 0.310 e. The Labute approximate surface area is 108 Å². The first kappa shape index (κ1) is 14.8. The molecule has 2 atom stereocenters. The van der Waals surface area contributed by atoms with Crippen molar-refractivity contribution in [2.75, 3.05) is 5.75 Å². The molecule has 4 nitrogen and oxygen atoms in total. The van der Waals surface area contributed by atoms with Crippen LogP contribution in [-0.2, 0) is 22.3 Å². The third-order valence-corrected chi connectivity index (χ3v) is 3.62. The Kier molecular flexibility index (Phi) is 5.43. The van der Waals surface area contributed by atoms with Gasteiger partial charge >= 0.3 is 5.97 Å². The van der Waals surface area contributed by atoms with Gasteiger partial charge < -0.3 is 5.11 Å². The standard InChI is InChI=1S/C12H16FNO3S/c1-3-18(17)14-7-10-5-4-9(6-11(10)13)8(2)12(15)16/h4-6,8,14H,3,7H2,1-2H3,(H,15,16). The van der Waals surface area contributed by atoms with Gasteiger partial charge in [0, 0.05) is 17.9 Å². The van der Waals surface area contributed by atoms with Gasteiger partial charge in [-0.05, 0) is 18.6 Å². The van der Waals surface area contributed by atoms with Crippen LogP contribution in [0.15, 0.2) is 18.2 Å². The molecular formula is C12H16FNO3S. The zero-order chi connectivity index (χ0) is 13.7. The van der Waals surface area contributed by atoms with E-state index in [9.17, 15) is 13.4 Å². The summed E-state index contributed by atoms with van der Waals surface area (Å²) < 4.78 is 27.5. The van der Waals surface area contributed by atoms with E-state index in [1.54, 1.807) is 13.0 Å². The van der Waals surface area contributed by atoms with Crippen molar-refractivity contribution in [3.8, 4) is 0 Å². The van der Waals surface area contributed by atoms with Crippen molar-refractivity contribution in [3.05, 3.63) is 35.1 Å².